The molecule has 7 aromatic carbocycles. The maximum atomic E-state index is 13.0. The summed E-state index contributed by atoms with van der Waals surface area (Å²) in [6.07, 6.45) is 17.3. The number of aryl methyl sites for hydroxylation is 6. The van der Waals surface area contributed by atoms with Crippen molar-refractivity contribution in [2.24, 2.45) is 11.7 Å². The van der Waals surface area contributed by atoms with Gasteiger partial charge in [0.25, 0.3) is 15.5 Å². The number of anilines is 3. The number of benzene rings is 7. The third kappa shape index (κ3) is 34.2. The number of fused-ring (bicyclic) bond motifs is 2. The van der Waals surface area contributed by atoms with Gasteiger partial charge in [-0.05, 0) is 331 Å². The molecule has 5 aliphatic rings. The molecule has 33 heteroatoms. The van der Waals surface area contributed by atoms with E-state index in [0.717, 1.165) is 125 Å². The van der Waals surface area contributed by atoms with E-state index in [1.54, 1.807) is 88.6 Å². The van der Waals surface area contributed by atoms with Gasteiger partial charge in [-0.15, -0.1) is 32.8 Å². The lowest BCUT2D eigenvalue weighted by molar-refractivity contribution is -0.128. The average molecular weight is 1910 g/mol. The van der Waals surface area contributed by atoms with Gasteiger partial charge in [-0.25, -0.2) is 35.2 Å². The molecule has 9 aromatic rings. The minimum absolute atomic E-state index is 0. The van der Waals surface area contributed by atoms with Gasteiger partial charge >= 0.3 is 0 Å². The fourth-order valence-corrected chi connectivity index (χ4v) is 18.4. The van der Waals surface area contributed by atoms with Crippen molar-refractivity contribution < 1.29 is 39.6 Å². The number of halogens is 4. The van der Waals surface area contributed by atoms with E-state index < -0.39 is 29.1 Å². The molecule has 1 aliphatic carbocycles. The van der Waals surface area contributed by atoms with Crippen LogP contribution in [0.2, 0.25) is 0 Å². The molecule has 6 heterocycles. The molecule has 2 aromatic heterocycles. The highest BCUT2D eigenvalue weighted by Crippen LogP contribution is 2.34. The smallest absolute Gasteiger partial charge is 0.293 e. The first-order valence-electron chi connectivity index (χ1n) is 41.8. The number of hydrogen-bond acceptors (Lipinski definition) is 23. The van der Waals surface area contributed by atoms with Crippen LogP contribution in [0.25, 0.3) is 44.3 Å². The quantitative estimate of drug-likeness (QED) is 0.0262. The van der Waals surface area contributed by atoms with Gasteiger partial charge in [0.2, 0.25) is 37.9 Å². The molecular weight excluding hydrogens is 1780 g/mol. The predicted molar refractivity (Wildman–Crippen MR) is 505 cm³/mol. The number of nitrogens with two attached hydrogens (primary N) is 2. The number of sulfonamides is 2. The molecule has 668 valence electrons. The van der Waals surface area contributed by atoms with Crippen LogP contribution >= 0.6 is 54.9 Å². The van der Waals surface area contributed by atoms with Crippen LogP contribution in [-0.4, -0.2) is 235 Å². The summed E-state index contributed by atoms with van der Waals surface area (Å²) >= 11 is 6.48. The zero-order valence-corrected chi connectivity index (χ0v) is 79.9. The number of amides is 1. The van der Waals surface area contributed by atoms with E-state index in [4.69, 9.17) is 27.1 Å². The Morgan fingerprint density at radius 3 is 1.30 bits per heavy atom. The van der Waals surface area contributed by atoms with Crippen molar-refractivity contribution in [3.8, 4) is 22.3 Å². The zero-order valence-electron chi connectivity index (χ0n) is 72.7. The number of likely N-dealkylation sites (N-methyl/N-ethyl adjacent to an activating group) is 3. The lowest BCUT2D eigenvalue weighted by atomic mass is 9.94. The molecule has 14 rings (SSSR count). The van der Waals surface area contributed by atoms with Gasteiger partial charge < -0.3 is 51.8 Å². The van der Waals surface area contributed by atoms with E-state index in [2.05, 4.69) is 174 Å². The van der Waals surface area contributed by atoms with Crippen molar-refractivity contribution in [1.29, 1.82) is 0 Å². The summed E-state index contributed by atoms with van der Waals surface area (Å²) < 4.78 is 80.8. The maximum Gasteiger partial charge on any atom is 0.293 e. The lowest BCUT2D eigenvalue weighted by Gasteiger charge is -2.21. The SMILES string of the molecule is CC(=O)NCCN1CCCC1.CCOC=O.CN(CCN1CCCC1)S(=O)(=O)c1ccc(Br)cc1.CNCCN1CCCC1.Cc1cccc(C)c1-c1cc(C)c2nc(N)nnc2c1.Cc1cccc(C)c1-c1cc(C)c2nc(Nc3ccc(S(=O)(=O)N(C)CCN4CCCC4)cc3)nnc2c1.Cl.NCCC1CCCC1.O=S(=O)(Cl)c1ccc(Br)cc1. The van der Waals surface area contributed by atoms with E-state index in [-0.39, 0.29) is 34.1 Å². The van der Waals surface area contributed by atoms with E-state index in [1.165, 1.54) is 170 Å². The number of carbonyl (C=O) groups is 2. The monoisotopic (exact) mass is 1900 g/mol. The van der Waals surface area contributed by atoms with E-state index in [1.807, 2.05) is 33.0 Å². The minimum Gasteiger partial charge on any atom is -0.468 e. The number of aromatic nitrogens is 6. The van der Waals surface area contributed by atoms with Crippen LogP contribution in [0.5, 0.6) is 0 Å². The summed E-state index contributed by atoms with van der Waals surface area (Å²) in [5.41, 5.74) is 26.5. The molecule has 0 atom stereocenters. The fraction of sp³-hybridized carbons (Fsp3) is 0.483. The third-order valence-corrected chi connectivity index (χ3v) is 27.7. The van der Waals surface area contributed by atoms with E-state index in [9.17, 15) is 34.8 Å². The second-order valence-electron chi connectivity index (χ2n) is 30.9. The number of nitrogens with one attached hydrogen (secondary N) is 3. The topological polar surface area (TPSA) is 331 Å². The normalized spacial score (nSPS) is 15.0. The number of likely N-dealkylation sites (tertiary alicyclic amines) is 4. The van der Waals surface area contributed by atoms with E-state index >= 15 is 0 Å². The first-order chi connectivity index (χ1) is 57.8. The Hall–Kier alpha value is -7.31. The molecular formula is C89H127Br2Cl2N17O9S3. The van der Waals surface area contributed by atoms with Crippen LogP contribution in [0.4, 0.5) is 17.6 Å². The number of hydrogen-bond donors (Lipinski definition) is 5. The molecule has 4 aliphatic heterocycles. The molecule has 0 unspecified atom stereocenters. The van der Waals surface area contributed by atoms with Crippen LogP contribution in [0.1, 0.15) is 131 Å². The van der Waals surface area contributed by atoms with Gasteiger partial charge in [-0.3, -0.25) is 9.59 Å². The van der Waals surface area contributed by atoms with Crippen LogP contribution in [-0.2, 0) is 43.4 Å². The van der Waals surface area contributed by atoms with Crippen LogP contribution < -0.4 is 27.4 Å². The number of carbonyl (C=O) groups excluding carboxylic acids is 2. The maximum absolute atomic E-state index is 13.0. The highest BCUT2D eigenvalue weighted by atomic mass is 79.9. The molecule has 1 amide bonds. The first kappa shape index (κ1) is 103. The Morgan fingerprint density at radius 2 is 0.926 bits per heavy atom. The van der Waals surface area contributed by atoms with Gasteiger partial charge in [0.05, 0.1) is 32.3 Å². The Labute approximate surface area is 752 Å². The zero-order chi connectivity index (χ0) is 88.1. The summed E-state index contributed by atoms with van der Waals surface area (Å²) in [5, 5.41) is 25.8. The molecule has 1 saturated carbocycles. The van der Waals surface area contributed by atoms with Crippen molar-refractivity contribution in [2.75, 3.05) is 150 Å². The van der Waals surface area contributed by atoms with Crippen LogP contribution in [0.15, 0.2) is 157 Å². The first-order valence-corrected chi connectivity index (χ1v) is 48.6. The van der Waals surface area contributed by atoms with Gasteiger partial charge in [0.1, 0.15) is 11.0 Å². The number of rotatable bonds is 25. The molecule has 5 fully saturated rings. The van der Waals surface area contributed by atoms with Gasteiger partial charge in [0.15, 0.2) is 0 Å². The predicted octanol–water partition coefficient (Wildman–Crippen LogP) is 15.5. The summed E-state index contributed by atoms with van der Waals surface area (Å²) in [6.45, 7) is 33.7. The Bertz CT molecular complexity index is 5010. The standard InChI is InChI=1S/C29H34N6O2S.C16H16N4.C13H19BrN2O2S.C8H16N2O.C7H16N2.C7H15N.C6H4BrClO2S.C3H6O2.ClH/c1-20-8-7-9-21(2)27(20)23-18-22(3)28-26(19-23)32-33-29(31-28)30-24-10-12-25(13-11-24)38(36,37)34(4)16-17-35-14-5-6-15-35;1-9-5-4-6-10(2)14(9)12-7-11(3)15-13(8-12)19-20-16(17)18-15;1-15(10-11-16-8-2-3-9-16)19(17,18)13-6-4-12(14)5-7-13;1-8(11)9-4-7-10-5-2-3-6-10;1-8-4-7-9-5-2-3-6-9;8-6-5-7-3-1-2-4-7;7-5-1-3-6(4-2-5)11(8,9)10;1-2-5-3-4;/h7-13,18-19H,5-6,14-17H2,1-4H3,(H,30,31,33);4-8H,1-3H3,(H2,17,18,20);4-7H,2-3,8-11H2,1H3;2-7H2,1H3,(H,9,11);8H,2-7H2,1H3;7H,1-6,8H2;1-4H;3H,2H2,1H3;1H. The second kappa shape index (κ2) is 53.2. The molecule has 0 bridgehead atoms. The van der Waals surface area contributed by atoms with Gasteiger partial charge in [0, 0.05) is 98.7 Å². The van der Waals surface area contributed by atoms with Gasteiger partial charge in [-0.1, -0.05) is 93.9 Å². The van der Waals surface area contributed by atoms with Crippen molar-refractivity contribution in [1.82, 2.24) is 69.2 Å². The fourth-order valence-electron chi connectivity index (χ4n) is 14.8. The van der Waals surface area contributed by atoms with Crippen molar-refractivity contribution >= 4 is 136 Å². The van der Waals surface area contributed by atoms with Gasteiger partial charge in [-0.2, -0.15) is 8.61 Å². The third-order valence-electron chi connectivity index (χ3n) is 21.5. The lowest BCUT2D eigenvalue weighted by Crippen LogP contribution is -2.35. The van der Waals surface area contributed by atoms with Crippen LogP contribution in [0, 0.1) is 47.5 Å². The highest BCUT2D eigenvalue weighted by Gasteiger charge is 2.25. The summed E-state index contributed by atoms with van der Waals surface area (Å²) in [5.74, 6) is 1.63. The average Bonchev–Trinajstić information content (AvgIpc) is 0.828. The summed E-state index contributed by atoms with van der Waals surface area (Å²) in [6, 6.07) is 40.5. The van der Waals surface area contributed by atoms with Crippen molar-refractivity contribution in [3.63, 3.8) is 0 Å². The van der Waals surface area contributed by atoms with Crippen molar-refractivity contribution in [3.05, 3.63) is 176 Å². The number of nitrogens with zero attached hydrogens (tertiary/aromatic N) is 12. The molecule has 7 N–H and O–H groups in total. The number of ether oxygens (including phenoxy) is 1. The Kier molecular flexibility index (Phi) is 45.1. The molecule has 4 saturated heterocycles. The molecule has 0 spiro atoms. The molecule has 26 nitrogen and oxygen atoms in total. The minimum atomic E-state index is -3.57. The molecule has 0 radical (unpaired) electrons. The summed E-state index contributed by atoms with van der Waals surface area (Å²) in [4.78, 5) is 38.9. The molecule has 122 heavy (non-hydrogen) atoms. The largest absolute Gasteiger partial charge is 0.468 e. The highest BCUT2D eigenvalue weighted by molar-refractivity contribution is 9.10. The summed E-state index contributed by atoms with van der Waals surface area (Å²) in [7, 11) is -0.119. The van der Waals surface area contributed by atoms with Crippen LogP contribution in [0.3, 0.4) is 0 Å². The van der Waals surface area contributed by atoms with E-state index in [0.29, 0.717) is 42.7 Å². The Morgan fingerprint density at radius 1 is 0.541 bits per heavy atom. The second-order valence-corrected chi connectivity index (χ2v) is 39.4. The Balaban J connectivity index is 0.000000234. The number of nitrogen functional groups attached to an aromatic ring is 1. The van der Waals surface area contributed by atoms with Crippen molar-refractivity contribution in [2.45, 2.75) is 154 Å².